The van der Waals surface area contributed by atoms with Crippen LogP contribution in [-0.4, -0.2) is 6.54 Å². The highest BCUT2D eigenvalue weighted by atomic mass is 14.9. The average Bonchev–Trinajstić information content (AvgIpc) is 2.92. The Morgan fingerprint density at radius 1 is 1.06 bits per heavy atom. The van der Waals surface area contributed by atoms with Gasteiger partial charge in [0.2, 0.25) is 0 Å². The molecule has 16 heavy (non-hydrogen) atoms. The van der Waals surface area contributed by atoms with Gasteiger partial charge in [0.05, 0.1) is 0 Å². The molecule has 84 valence electrons. The summed E-state index contributed by atoms with van der Waals surface area (Å²) >= 11 is 0. The van der Waals surface area contributed by atoms with Crippen molar-refractivity contribution in [3.05, 3.63) is 48.0 Å². The summed E-state index contributed by atoms with van der Waals surface area (Å²) < 4.78 is 0. The maximum absolute atomic E-state index is 3.59. The molecule has 1 saturated carbocycles. The highest BCUT2D eigenvalue weighted by Gasteiger charge is 2.34. The van der Waals surface area contributed by atoms with Crippen LogP contribution >= 0.6 is 0 Å². The van der Waals surface area contributed by atoms with Gasteiger partial charge in [0.25, 0.3) is 0 Å². The molecule has 0 amide bonds. The highest BCUT2D eigenvalue weighted by molar-refractivity contribution is 5.14. The largest absolute Gasteiger partial charge is 0.312 e. The molecule has 1 heteroatoms. The zero-order chi connectivity index (χ0) is 10.8. The van der Waals surface area contributed by atoms with E-state index in [0.29, 0.717) is 0 Å². The number of nitrogens with one attached hydrogen (secondary N) is 1. The molecule has 3 unspecified atom stereocenters. The predicted molar refractivity (Wildman–Crippen MR) is 67.0 cm³/mol. The van der Waals surface area contributed by atoms with Gasteiger partial charge in [-0.05, 0) is 42.7 Å². The van der Waals surface area contributed by atoms with Crippen molar-refractivity contribution in [2.24, 2.45) is 17.8 Å². The fourth-order valence-corrected chi connectivity index (χ4v) is 3.13. The van der Waals surface area contributed by atoms with Crippen LogP contribution in [0.4, 0.5) is 0 Å². The molecule has 3 rings (SSSR count). The Balaban J connectivity index is 1.46. The minimum Gasteiger partial charge on any atom is -0.312 e. The summed E-state index contributed by atoms with van der Waals surface area (Å²) in [5.41, 5.74) is 1.39. The summed E-state index contributed by atoms with van der Waals surface area (Å²) in [6, 6.07) is 10.7. The summed E-state index contributed by atoms with van der Waals surface area (Å²) in [7, 11) is 0. The van der Waals surface area contributed by atoms with Crippen molar-refractivity contribution >= 4 is 0 Å². The quantitative estimate of drug-likeness (QED) is 0.758. The lowest BCUT2D eigenvalue weighted by Gasteiger charge is -2.18. The van der Waals surface area contributed by atoms with Gasteiger partial charge in [-0.25, -0.2) is 0 Å². The van der Waals surface area contributed by atoms with Crippen molar-refractivity contribution in [1.82, 2.24) is 5.32 Å². The van der Waals surface area contributed by atoms with Gasteiger partial charge in [-0.1, -0.05) is 42.5 Å². The molecule has 1 aromatic carbocycles. The van der Waals surface area contributed by atoms with Crippen molar-refractivity contribution in [3.8, 4) is 0 Å². The first-order valence-electron chi connectivity index (χ1n) is 6.35. The Hall–Kier alpha value is -1.08. The molecule has 0 aromatic heterocycles. The lowest BCUT2D eigenvalue weighted by Crippen LogP contribution is -2.25. The molecule has 1 aromatic rings. The van der Waals surface area contributed by atoms with E-state index in [0.717, 1.165) is 24.3 Å². The lowest BCUT2D eigenvalue weighted by atomic mass is 9.93. The predicted octanol–water partition coefficient (Wildman–Crippen LogP) is 2.99. The van der Waals surface area contributed by atoms with E-state index in [-0.39, 0.29) is 0 Å². The Bertz CT molecular complexity index is 368. The third-order valence-electron chi connectivity index (χ3n) is 3.99. The number of benzene rings is 1. The van der Waals surface area contributed by atoms with Crippen LogP contribution in [0.5, 0.6) is 0 Å². The third-order valence-corrected chi connectivity index (χ3v) is 3.99. The van der Waals surface area contributed by atoms with Crippen LogP contribution in [0.2, 0.25) is 0 Å². The second-order valence-electron chi connectivity index (χ2n) is 5.16. The molecule has 0 saturated heterocycles. The normalized spacial score (nSPS) is 31.1. The fourth-order valence-electron chi connectivity index (χ4n) is 3.13. The standard InChI is InChI=1S/C15H19N/c1-2-4-12(5-3-1)10-16-11-15-9-13-6-7-14(15)8-13/h1-7,13-16H,8-11H2. The van der Waals surface area contributed by atoms with Gasteiger partial charge in [-0.15, -0.1) is 0 Å². The zero-order valence-electron chi connectivity index (χ0n) is 9.60. The Kier molecular flexibility index (Phi) is 2.79. The third kappa shape index (κ3) is 2.05. The first kappa shape index (κ1) is 10.1. The smallest absolute Gasteiger partial charge is 0.0205 e. The summed E-state index contributed by atoms with van der Waals surface area (Å²) in [5.74, 6) is 2.65. The van der Waals surface area contributed by atoms with E-state index >= 15 is 0 Å². The average molecular weight is 213 g/mol. The summed E-state index contributed by atoms with van der Waals surface area (Å²) in [5, 5.41) is 3.59. The molecule has 0 spiro atoms. The zero-order valence-corrected chi connectivity index (χ0v) is 9.60. The summed E-state index contributed by atoms with van der Waals surface area (Å²) in [4.78, 5) is 0. The van der Waals surface area contributed by atoms with Gasteiger partial charge in [0, 0.05) is 6.54 Å². The molecule has 2 aliphatic carbocycles. The number of fused-ring (bicyclic) bond motifs is 2. The number of hydrogen-bond donors (Lipinski definition) is 1. The first-order valence-corrected chi connectivity index (χ1v) is 6.35. The topological polar surface area (TPSA) is 12.0 Å². The van der Waals surface area contributed by atoms with Gasteiger partial charge < -0.3 is 5.32 Å². The van der Waals surface area contributed by atoms with Crippen LogP contribution in [0.15, 0.2) is 42.5 Å². The lowest BCUT2D eigenvalue weighted by molar-refractivity contribution is 0.414. The van der Waals surface area contributed by atoms with Crippen LogP contribution in [-0.2, 0) is 6.54 Å². The van der Waals surface area contributed by atoms with E-state index in [1.165, 1.54) is 24.9 Å². The van der Waals surface area contributed by atoms with Crippen LogP contribution in [0.3, 0.4) is 0 Å². The first-order chi connectivity index (χ1) is 7.92. The van der Waals surface area contributed by atoms with E-state index in [2.05, 4.69) is 47.8 Å². The van der Waals surface area contributed by atoms with Gasteiger partial charge in [0.1, 0.15) is 0 Å². The Morgan fingerprint density at radius 2 is 1.94 bits per heavy atom. The van der Waals surface area contributed by atoms with Crippen molar-refractivity contribution < 1.29 is 0 Å². The molecular weight excluding hydrogens is 194 g/mol. The maximum Gasteiger partial charge on any atom is 0.0205 e. The van der Waals surface area contributed by atoms with Crippen molar-refractivity contribution in [3.63, 3.8) is 0 Å². The summed E-state index contributed by atoms with van der Waals surface area (Å²) in [6.07, 6.45) is 7.67. The monoisotopic (exact) mass is 213 g/mol. The van der Waals surface area contributed by atoms with Crippen LogP contribution < -0.4 is 5.32 Å². The van der Waals surface area contributed by atoms with Gasteiger partial charge in [0.15, 0.2) is 0 Å². The molecule has 0 heterocycles. The van der Waals surface area contributed by atoms with E-state index in [9.17, 15) is 0 Å². The van der Waals surface area contributed by atoms with E-state index in [1.54, 1.807) is 0 Å². The highest BCUT2D eigenvalue weighted by Crippen LogP contribution is 2.42. The van der Waals surface area contributed by atoms with Gasteiger partial charge in [-0.3, -0.25) is 0 Å². The van der Waals surface area contributed by atoms with Crippen molar-refractivity contribution in [2.75, 3.05) is 6.54 Å². The Labute approximate surface area is 97.6 Å². The second kappa shape index (κ2) is 4.42. The van der Waals surface area contributed by atoms with Gasteiger partial charge in [-0.2, -0.15) is 0 Å². The van der Waals surface area contributed by atoms with Crippen LogP contribution in [0.25, 0.3) is 0 Å². The van der Waals surface area contributed by atoms with E-state index in [4.69, 9.17) is 0 Å². The minimum absolute atomic E-state index is 0.869. The fraction of sp³-hybridized carbons (Fsp3) is 0.467. The molecular formula is C15H19N. The van der Waals surface area contributed by atoms with E-state index < -0.39 is 0 Å². The van der Waals surface area contributed by atoms with Crippen molar-refractivity contribution in [1.29, 1.82) is 0 Å². The molecule has 1 nitrogen and oxygen atoms in total. The molecule has 0 radical (unpaired) electrons. The molecule has 1 N–H and O–H groups in total. The maximum atomic E-state index is 3.59. The molecule has 0 aliphatic heterocycles. The SMILES string of the molecule is C1=CC2CC1CC2CNCc1ccccc1. The number of allylic oxidation sites excluding steroid dienone is 2. The Morgan fingerprint density at radius 3 is 2.62 bits per heavy atom. The van der Waals surface area contributed by atoms with Crippen LogP contribution in [0, 0.1) is 17.8 Å². The van der Waals surface area contributed by atoms with Gasteiger partial charge >= 0.3 is 0 Å². The van der Waals surface area contributed by atoms with Crippen molar-refractivity contribution in [2.45, 2.75) is 19.4 Å². The summed E-state index contributed by atoms with van der Waals surface area (Å²) in [6.45, 7) is 2.19. The van der Waals surface area contributed by atoms with E-state index in [1.807, 2.05) is 0 Å². The molecule has 1 fully saturated rings. The second-order valence-corrected chi connectivity index (χ2v) is 5.16. The van der Waals surface area contributed by atoms with Crippen LogP contribution in [0.1, 0.15) is 18.4 Å². The molecule has 2 aliphatic rings. The molecule has 2 bridgehead atoms. The number of rotatable bonds is 4. The molecule has 3 atom stereocenters. The minimum atomic E-state index is 0.869. The number of hydrogen-bond acceptors (Lipinski definition) is 1.